The molecule has 3 heterocycles. The van der Waals surface area contributed by atoms with Crippen LogP contribution in [0.1, 0.15) is 61.6 Å². The number of pyridine rings is 1. The molecule has 4 rings (SSSR count). The fourth-order valence-corrected chi connectivity index (χ4v) is 4.18. The highest BCUT2D eigenvalue weighted by Crippen LogP contribution is 2.30. The summed E-state index contributed by atoms with van der Waals surface area (Å²) in [5, 5.41) is 0.178. The Morgan fingerprint density at radius 1 is 1.16 bits per heavy atom. The lowest BCUT2D eigenvalue weighted by Gasteiger charge is -2.30. The summed E-state index contributed by atoms with van der Waals surface area (Å²) in [6, 6.07) is 9.58. The van der Waals surface area contributed by atoms with Crippen LogP contribution in [0.2, 0.25) is 0 Å². The van der Waals surface area contributed by atoms with E-state index in [1.807, 2.05) is 52.0 Å². The van der Waals surface area contributed by atoms with E-state index in [9.17, 15) is 14.4 Å². The first kappa shape index (κ1) is 21.0. The summed E-state index contributed by atoms with van der Waals surface area (Å²) >= 11 is 0. The van der Waals surface area contributed by atoms with Crippen molar-refractivity contribution in [3.05, 3.63) is 68.0 Å². The van der Waals surface area contributed by atoms with Gasteiger partial charge in [-0.3, -0.25) is 19.1 Å². The average molecular weight is 421 g/mol. The van der Waals surface area contributed by atoms with Crippen molar-refractivity contribution in [1.29, 1.82) is 0 Å². The monoisotopic (exact) mass is 420 g/mol. The van der Waals surface area contributed by atoms with Crippen LogP contribution in [0.3, 0.4) is 0 Å². The molecular weight excluding hydrogens is 392 g/mol. The Hall–Kier alpha value is -3.22. The number of aromatic nitrogens is 3. The van der Waals surface area contributed by atoms with E-state index >= 15 is 0 Å². The van der Waals surface area contributed by atoms with Crippen molar-refractivity contribution >= 4 is 22.6 Å². The summed E-state index contributed by atoms with van der Waals surface area (Å²) < 4.78 is 1.48. The van der Waals surface area contributed by atoms with Gasteiger partial charge >= 0.3 is 5.69 Å². The van der Waals surface area contributed by atoms with Crippen LogP contribution in [-0.2, 0) is 13.0 Å². The van der Waals surface area contributed by atoms with Gasteiger partial charge in [-0.2, -0.15) is 0 Å². The number of H-pyrrole nitrogens is 1. The van der Waals surface area contributed by atoms with Gasteiger partial charge in [0.15, 0.2) is 5.65 Å². The highest BCUT2D eigenvalue weighted by molar-refractivity contribution is 6.13. The number of benzene rings is 1. The van der Waals surface area contributed by atoms with Gasteiger partial charge in [-0.05, 0) is 42.4 Å². The highest BCUT2D eigenvalue weighted by Gasteiger charge is 2.27. The van der Waals surface area contributed by atoms with Gasteiger partial charge in [-0.1, -0.05) is 45.9 Å². The minimum Gasteiger partial charge on any atom is -0.308 e. The molecule has 7 heteroatoms. The van der Waals surface area contributed by atoms with Crippen LogP contribution in [0, 0.1) is 5.92 Å². The number of carbonyl (C=O) groups is 1. The number of nitrogens with one attached hydrogen (secondary N) is 1. The van der Waals surface area contributed by atoms with Gasteiger partial charge in [0.05, 0.1) is 10.9 Å². The van der Waals surface area contributed by atoms with Crippen molar-refractivity contribution < 1.29 is 4.79 Å². The summed E-state index contributed by atoms with van der Waals surface area (Å²) in [5.41, 5.74) is 2.18. The molecule has 0 bridgehead atoms. The molecule has 0 fully saturated rings. The van der Waals surface area contributed by atoms with Gasteiger partial charge in [-0.15, -0.1) is 0 Å². The van der Waals surface area contributed by atoms with E-state index in [4.69, 9.17) is 0 Å². The Morgan fingerprint density at radius 2 is 1.90 bits per heavy atom. The average Bonchev–Trinajstić information content (AvgIpc) is 2.74. The summed E-state index contributed by atoms with van der Waals surface area (Å²) in [6.07, 6.45) is 1.78. The quantitative estimate of drug-likeness (QED) is 0.700. The molecule has 0 aliphatic carbocycles. The first-order chi connectivity index (χ1) is 14.8. The topological polar surface area (TPSA) is 88.1 Å². The molecule has 0 atom stereocenters. The van der Waals surface area contributed by atoms with E-state index in [-0.39, 0.29) is 28.8 Å². The Labute approximate surface area is 180 Å². The second-order valence-corrected chi connectivity index (χ2v) is 8.90. The molecule has 1 amide bonds. The van der Waals surface area contributed by atoms with Crippen LogP contribution in [0.4, 0.5) is 5.69 Å². The lowest BCUT2D eigenvalue weighted by atomic mass is 9.99. The third-order valence-electron chi connectivity index (χ3n) is 5.69. The van der Waals surface area contributed by atoms with Gasteiger partial charge in [-0.25, -0.2) is 9.78 Å². The van der Waals surface area contributed by atoms with Crippen molar-refractivity contribution in [2.45, 2.75) is 53.0 Å². The molecule has 1 aromatic carbocycles. The van der Waals surface area contributed by atoms with Crippen molar-refractivity contribution in [1.82, 2.24) is 14.5 Å². The first-order valence-corrected chi connectivity index (χ1v) is 10.9. The Bertz CT molecular complexity index is 1270. The van der Waals surface area contributed by atoms with E-state index in [0.717, 1.165) is 24.1 Å². The molecule has 7 nitrogen and oxygen atoms in total. The lowest BCUT2D eigenvalue weighted by Crippen LogP contribution is -2.38. The number of aryl methyl sites for hydroxylation is 1. The van der Waals surface area contributed by atoms with Crippen molar-refractivity contribution in [3.63, 3.8) is 0 Å². The lowest BCUT2D eigenvalue weighted by molar-refractivity contribution is 0.0986. The van der Waals surface area contributed by atoms with Crippen LogP contribution in [0.25, 0.3) is 11.0 Å². The minimum atomic E-state index is -0.573. The van der Waals surface area contributed by atoms with E-state index in [0.29, 0.717) is 24.3 Å². The third kappa shape index (κ3) is 3.80. The molecule has 0 saturated carbocycles. The molecule has 31 heavy (non-hydrogen) atoms. The van der Waals surface area contributed by atoms with Crippen LogP contribution >= 0.6 is 0 Å². The molecule has 0 radical (unpaired) electrons. The fraction of sp³-hybridized carbons (Fsp3) is 0.417. The number of aromatic amines is 1. The molecule has 0 spiro atoms. The van der Waals surface area contributed by atoms with Gasteiger partial charge in [0.1, 0.15) is 0 Å². The van der Waals surface area contributed by atoms with Gasteiger partial charge in [0.25, 0.3) is 11.5 Å². The fourth-order valence-electron chi connectivity index (χ4n) is 4.18. The predicted molar refractivity (Wildman–Crippen MR) is 122 cm³/mol. The van der Waals surface area contributed by atoms with Gasteiger partial charge < -0.3 is 4.90 Å². The van der Waals surface area contributed by atoms with Crippen LogP contribution in [0.5, 0.6) is 0 Å². The van der Waals surface area contributed by atoms with Crippen molar-refractivity contribution in [2.75, 3.05) is 11.4 Å². The molecule has 162 valence electrons. The number of anilines is 1. The SMILES string of the molecule is CC(C)Cn1c(=O)[nH]c(=O)c2c(C(=O)N3CCCc4ccccc43)cc(C(C)C)nc21. The van der Waals surface area contributed by atoms with Crippen LogP contribution in [-0.4, -0.2) is 27.0 Å². The number of carbonyl (C=O) groups excluding carboxylic acids is 1. The molecule has 3 aromatic rings. The number of hydrogen-bond acceptors (Lipinski definition) is 4. The standard InChI is InChI=1S/C24H28N4O3/c1-14(2)13-28-21-20(22(29)26-24(28)31)17(12-18(25-21)15(3)4)23(30)27-11-7-9-16-8-5-6-10-19(16)27/h5-6,8,10,12,14-15H,7,9,11,13H2,1-4H3,(H,26,29,31). The molecular formula is C24H28N4O3. The summed E-state index contributed by atoms with van der Waals surface area (Å²) in [7, 11) is 0. The van der Waals surface area contributed by atoms with E-state index < -0.39 is 11.2 Å². The van der Waals surface area contributed by atoms with E-state index in [2.05, 4.69) is 9.97 Å². The smallest absolute Gasteiger partial charge is 0.308 e. The summed E-state index contributed by atoms with van der Waals surface area (Å²) in [6.45, 7) is 8.94. The number of nitrogens with zero attached hydrogens (tertiary/aromatic N) is 3. The van der Waals surface area contributed by atoms with E-state index in [1.165, 1.54) is 4.57 Å². The molecule has 0 saturated heterocycles. The Balaban J connectivity index is 1.99. The third-order valence-corrected chi connectivity index (χ3v) is 5.69. The molecule has 1 N–H and O–H groups in total. The highest BCUT2D eigenvalue weighted by atomic mass is 16.2. The molecule has 1 aliphatic heterocycles. The van der Waals surface area contributed by atoms with Gasteiger partial charge in [0, 0.05) is 24.5 Å². The summed E-state index contributed by atoms with van der Waals surface area (Å²) in [4.78, 5) is 48.1. The largest absolute Gasteiger partial charge is 0.330 e. The zero-order chi connectivity index (χ0) is 22.3. The Morgan fingerprint density at radius 3 is 2.61 bits per heavy atom. The van der Waals surface area contributed by atoms with Crippen LogP contribution < -0.4 is 16.1 Å². The number of hydrogen-bond donors (Lipinski definition) is 1. The number of amides is 1. The predicted octanol–water partition coefficient (Wildman–Crippen LogP) is 3.46. The summed E-state index contributed by atoms with van der Waals surface area (Å²) in [5.74, 6) is -0.0300. The second kappa shape index (κ2) is 8.13. The maximum atomic E-state index is 13.8. The van der Waals surface area contributed by atoms with Crippen molar-refractivity contribution in [2.24, 2.45) is 5.92 Å². The molecule has 1 aliphatic rings. The first-order valence-electron chi connectivity index (χ1n) is 10.9. The zero-order valence-corrected chi connectivity index (χ0v) is 18.4. The van der Waals surface area contributed by atoms with Gasteiger partial charge in [0.2, 0.25) is 0 Å². The number of rotatable bonds is 4. The minimum absolute atomic E-state index is 0.0338. The number of para-hydroxylation sites is 1. The normalized spacial score (nSPS) is 13.8. The molecule has 2 aromatic heterocycles. The van der Waals surface area contributed by atoms with E-state index in [1.54, 1.807) is 11.0 Å². The van der Waals surface area contributed by atoms with Crippen molar-refractivity contribution in [3.8, 4) is 0 Å². The molecule has 0 unspecified atom stereocenters. The second-order valence-electron chi connectivity index (χ2n) is 8.90. The number of fused-ring (bicyclic) bond motifs is 2. The zero-order valence-electron chi connectivity index (χ0n) is 18.4. The van der Waals surface area contributed by atoms with Crippen LogP contribution in [0.15, 0.2) is 39.9 Å². The maximum absolute atomic E-state index is 13.8. The maximum Gasteiger partial charge on any atom is 0.330 e. The Kier molecular flexibility index (Phi) is 5.52.